The zero-order valence-electron chi connectivity index (χ0n) is 15.4. The molecule has 10 nitrogen and oxygen atoms in total. The number of nitrogens with zero attached hydrogens (tertiary/aromatic N) is 2. The summed E-state index contributed by atoms with van der Waals surface area (Å²) in [6.07, 6.45) is 1.15. The number of nitrogens with one attached hydrogen (secondary N) is 1. The number of hydrogen-bond acceptors (Lipinski definition) is 7. The lowest BCUT2D eigenvalue weighted by atomic mass is 10.1. The topological polar surface area (TPSA) is 128 Å². The van der Waals surface area contributed by atoms with Crippen molar-refractivity contribution in [2.45, 2.75) is 0 Å². The maximum absolute atomic E-state index is 12.9. The van der Waals surface area contributed by atoms with Crippen molar-refractivity contribution in [3.05, 3.63) is 63.7 Å². The van der Waals surface area contributed by atoms with E-state index >= 15 is 0 Å². The first-order valence-corrected chi connectivity index (χ1v) is 8.23. The second kappa shape index (κ2) is 7.80. The molecule has 2 aromatic rings. The van der Waals surface area contributed by atoms with Gasteiger partial charge in [0.1, 0.15) is 17.1 Å². The van der Waals surface area contributed by atoms with Crippen molar-refractivity contribution >= 4 is 35.3 Å². The second-order valence-corrected chi connectivity index (χ2v) is 5.84. The highest BCUT2D eigenvalue weighted by atomic mass is 16.6. The van der Waals surface area contributed by atoms with Gasteiger partial charge < -0.3 is 9.47 Å². The van der Waals surface area contributed by atoms with Gasteiger partial charge in [-0.15, -0.1) is 0 Å². The lowest BCUT2D eigenvalue weighted by Crippen LogP contribution is -2.54. The molecule has 1 fully saturated rings. The maximum atomic E-state index is 12.9. The lowest BCUT2D eigenvalue weighted by Gasteiger charge is -2.26. The molecule has 0 radical (unpaired) electrons. The number of urea groups is 1. The fourth-order valence-corrected chi connectivity index (χ4v) is 2.73. The molecule has 1 aliphatic heterocycles. The van der Waals surface area contributed by atoms with Crippen molar-refractivity contribution in [3.63, 3.8) is 0 Å². The number of non-ortho nitro benzene ring substituents is 1. The molecule has 0 atom stereocenters. The van der Waals surface area contributed by atoms with Crippen molar-refractivity contribution in [2.75, 3.05) is 19.1 Å². The summed E-state index contributed by atoms with van der Waals surface area (Å²) in [7, 11) is 2.82. The van der Waals surface area contributed by atoms with Crippen LogP contribution in [0, 0.1) is 10.1 Å². The summed E-state index contributed by atoms with van der Waals surface area (Å²) >= 11 is 0. The third-order valence-electron chi connectivity index (χ3n) is 4.16. The molecule has 0 aliphatic carbocycles. The van der Waals surface area contributed by atoms with Gasteiger partial charge in [0.15, 0.2) is 0 Å². The highest BCUT2D eigenvalue weighted by molar-refractivity contribution is 6.39. The number of hydrogen-bond donors (Lipinski definition) is 1. The fraction of sp³-hybridized carbons (Fsp3) is 0.105. The van der Waals surface area contributed by atoms with E-state index in [0.29, 0.717) is 5.75 Å². The molecule has 1 heterocycles. The zero-order chi connectivity index (χ0) is 21.1. The van der Waals surface area contributed by atoms with Gasteiger partial charge in [0.25, 0.3) is 17.5 Å². The van der Waals surface area contributed by atoms with Crippen molar-refractivity contribution in [1.82, 2.24) is 5.32 Å². The van der Waals surface area contributed by atoms with Crippen LogP contribution < -0.4 is 19.7 Å². The normalized spacial score (nSPS) is 15.3. The van der Waals surface area contributed by atoms with Crippen LogP contribution in [0.3, 0.4) is 0 Å². The maximum Gasteiger partial charge on any atom is 0.335 e. The number of rotatable bonds is 5. The number of nitro groups is 1. The number of barbiturate groups is 1. The lowest BCUT2D eigenvalue weighted by molar-refractivity contribution is -0.384. The molecule has 0 spiro atoms. The number of benzene rings is 2. The van der Waals surface area contributed by atoms with Gasteiger partial charge in [-0.3, -0.25) is 25.0 Å². The van der Waals surface area contributed by atoms with E-state index in [0.717, 1.165) is 11.0 Å². The number of carbonyl (C=O) groups is 3. The first-order valence-electron chi connectivity index (χ1n) is 8.23. The van der Waals surface area contributed by atoms with Crippen LogP contribution in [0.4, 0.5) is 16.2 Å². The molecule has 4 amide bonds. The minimum Gasteiger partial charge on any atom is -0.497 e. The molecule has 10 heteroatoms. The molecular weight excluding hydrogens is 382 g/mol. The monoisotopic (exact) mass is 397 g/mol. The standard InChI is InChI=1S/C19H15N3O7/c1-28-14-6-3-12(4-7-14)21-18(24)15(17(23)20-19(21)25)10-11-9-13(22(26)27)5-8-16(11)29-2/h3-10H,1-2H3,(H,20,23,25). The third-order valence-corrected chi connectivity index (χ3v) is 4.16. The van der Waals surface area contributed by atoms with Crippen LogP contribution in [0.25, 0.3) is 6.08 Å². The van der Waals surface area contributed by atoms with Crippen molar-refractivity contribution in [3.8, 4) is 11.5 Å². The van der Waals surface area contributed by atoms with E-state index in [9.17, 15) is 24.5 Å². The minimum atomic E-state index is -0.918. The number of carbonyl (C=O) groups excluding carboxylic acids is 3. The number of nitro benzene ring substituents is 1. The van der Waals surface area contributed by atoms with E-state index in [1.807, 2.05) is 0 Å². The number of anilines is 1. The number of amides is 4. The van der Waals surface area contributed by atoms with E-state index in [2.05, 4.69) is 5.32 Å². The summed E-state index contributed by atoms with van der Waals surface area (Å²) in [6, 6.07) is 8.92. The Morgan fingerprint density at radius 3 is 2.31 bits per heavy atom. The fourth-order valence-electron chi connectivity index (χ4n) is 2.73. The van der Waals surface area contributed by atoms with Crippen LogP contribution in [-0.2, 0) is 9.59 Å². The van der Waals surface area contributed by atoms with Crippen molar-refractivity contribution < 1.29 is 28.8 Å². The smallest absolute Gasteiger partial charge is 0.335 e. The molecule has 2 aromatic carbocycles. The summed E-state index contributed by atoms with van der Waals surface area (Å²) in [5, 5.41) is 13.1. The molecule has 29 heavy (non-hydrogen) atoms. The summed E-state index contributed by atoms with van der Waals surface area (Å²) < 4.78 is 10.2. The van der Waals surface area contributed by atoms with E-state index < -0.39 is 22.8 Å². The Hall–Kier alpha value is -4.21. The molecule has 3 rings (SSSR count). The summed E-state index contributed by atoms with van der Waals surface area (Å²) in [5.74, 6) is -1.06. The van der Waals surface area contributed by atoms with E-state index in [-0.39, 0.29) is 28.3 Å². The van der Waals surface area contributed by atoms with Crippen molar-refractivity contribution in [2.24, 2.45) is 0 Å². The van der Waals surface area contributed by atoms with Crippen molar-refractivity contribution in [1.29, 1.82) is 0 Å². The molecule has 0 unspecified atom stereocenters. The molecule has 148 valence electrons. The first kappa shape index (κ1) is 19.5. The van der Waals surface area contributed by atoms with Crippen LogP contribution in [0.15, 0.2) is 48.0 Å². The van der Waals surface area contributed by atoms with E-state index in [1.54, 1.807) is 12.1 Å². The number of imide groups is 2. The number of ether oxygens (including phenoxy) is 2. The average Bonchev–Trinajstić information content (AvgIpc) is 2.71. The van der Waals surface area contributed by atoms with Crippen LogP contribution >= 0.6 is 0 Å². The predicted molar refractivity (Wildman–Crippen MR) is 102 cm³/mol. The van der Waals surface area contributed by atoms with Crippen LogP contribution in [0.1, 0.15) is 5.56 Å². The van der Waals surface area contributed by atoms with Gasteiger partial charge in [-0.1, -0.05) is 0 Å². The van der Waals surface area contributed by atoms with Gasteiger partial charge in [-0.2, -0.15) is 0 Å². The Kier molecular flexibility index (Phi) is 5.26. The van der Waals surface area contributed by atoms with Gasteiger partial charge >= 0.3 is 6.03 Å². The summed E-state index contributed by atoms with van der Waals surface area (Å²) in [6.45, 7) is 0. The SMILES string of the molecule is COc1ccc(N2C(=O)NC(=O)C(=Cc3cc([N+](=O)[O-])ccc3OC)C2=O)cc1. The van der Waals surface area contributed by atoms with Gasteiger partial charge in [0.05, 0.1) is 24.8 Å². The van der Waals surface area contributed by atoms with Crippen LogP contribution in [0.5, 0.6) is 11.5 Å². The van der Waals surface area contributed by atoms with Gasteiger partial charge in [0, 0.05) is 17.7 Å². The largest absolute Gasteiger partial charge is 0.497 e. The van der Waals surface area contributed by atoms with E-state index in [4.69, 9.17) is 9.47 Å². The Morgan fingerprint density at radius 2 is 1.72 bits per heavy atom. The zero-order valence-corrected chi connectivity index (χ0v) is 15.4. The summed E-state index contributed by atoms with van der Waals surface area (Å²) in [5.41, 5.74) is -0.259. The first-order chi connectivity index (χ1) is 13.8. The highest BCUT2D eigenvalue weighted by Crippen LogP contribution is 2.29. The van der Waals surface area contributed by atoms with Crippen LogP contribution in [-0.4, -0.2) is 37.0 Å². The molecule has 1 aliphatic rings. The Balaban J connectivity index is 2.05. The third kappa shape index (κ3) is 3.76. The molecule has 1 N–H and O–H groups in total. The average molecular weight is 397 g/mol. The molecule has 0 bridgehead atoms. The molecular formula is C19H15N3O7. The quantitative estimate of drug-likeness (QED) is 0.355. The van der Waals surface area contributed by atoms with E-state index in [1.165, 1.54) is 44.6 Å². The number of methoxy groups -OCH3 is 2. The second-order valence-electron chi connectivity index (χ2n) is 5.84. The molecule has 0 saturated carbocycles. The highest BCUT2D eigenvalue weighted by Gasteiger charge is 2.37. The molecule has 0 aromatic heterocycles. The van der Waals surface area contributed by atoms with Gasteiger partial charge in [0.2, 0.25) is 0 Å². The Morgan fingerprint density at radius 1 is 1.03 bits per heavy atom. The minimum absolute atomic E-state index is 0.143. The summed E-state index contributed by atoms with van der Waals surface area (Å²) in [4.78, 5) is 48.6. The van der Waals surface area contributed by atoms with Crippen LogP contribution in [0.2, 0.25) is 0 Å². The Labute approximate surface area is 164 Å². The predicted octanol–water partition coefficient (Wildman–Crippen LogP) is 2.28. The Bertz CT molecular complexity index is 1040. The van der Waals surface area contributed by atoms with Gasteiger partial charge in [-0.25, -0.2) is 9.69 Å². The van der Waals surface area contributed by atoms with Gasteiger partial charge in [-0.05, 0) is 36.4 Å². The molecule has 1 saturated heterocycles.